The normalized spacial score (nSPS) is 11.6. The molecule has 2 aromatic rings. The molecular weight excluding hydrogens is 344 g/mol. The summed E-state index contributed by atoms with van der Waals surface area (Å²) in [6.07, 6.45) is 0. The van der Waals surface area contributed by atoms with E-state index < -0.39 is 10.0 Å². The first-order valence-electron chi connectivity index (χ1n) is 5.94. The van der Waals surface area contributed by atoms with E-state index in [0.29, 0.717) is 12.3 Å². The molecule has 1 aromatic carbocycles. The van der Waals surface area contributed by atoms with E-state index in [-0.39, 0.29) is 5.09 Å². The van der Waals surface area contributed by atoms with E-state index in [1.165, 1.54) is 13.1 Å². The first-order valence-corrected chi connectivity index (χ1v) is 8.22. The maximum absolute atomic E-state index is 11.5. The SMILES string of the molecule is CNS(=O)(=O)c1ccc(CNc2ccc(Br)c(C)c2)o1. The van der Waals surface area contributed by atoms with Gasteiger partial charge in [0, 0.05) is 10.2 Å². The lowest BCUT2D eigenvalue weighted by Crippen LogP contribution is -2.17. The van der Waals surface area contributed by atoms with Crippen molar-refractivity contribution >= 4 is 31.6 Å². The fourth-order valence-corrected chi connectivity index (χ4v) is 2.55. The van der Waals surface area contributed by atoms with Crippen molar-refractivity contribution in [3.05, 3.63) is 46.1 Å². The zero-order valence-electron chi connectivity index (χ0n) is 11.1. The smallest absolute Gasteiger partial charge is 0.273 e. The summed E-state index contributed by atoms with van der Waals surface area (Å²) in [5.74, 6) is 0.555. The number of sulfonamides is 1. The highest BCUT2D eigenvalue weighted by molar-refractivity contribution is 9.10. The van der Waals surface area contributed by atoms with Crippen LogP contribution in [0.25, 0.3) is 0 Å². The van der Waals surface area contributed by atoms with Gasteiger partial charge < -0.3 is 9.73 Å². The summed E-state index contributed by atoms with van der Waals surface area (Å²) >= 11 is 3.44. The van der Waals surface area contributed by atoms with Crippen molar-refractivity contribution in [3.63, 3.8) is 0 Å². The number of furan rings is 1. The molecule has 5 nitrogen and oxygen atoms in total. The van der Waals surface area contributed by atoms with Gasteiger partial charge in [0.05, 0.1) is 6.54 Å². The maximum Gasteiger partial charge on any atom is 0.273 e. The molecule has 0 aliphatic carbocycles. The number of halogens is 1. The highest BCUT2D eigenvalue weighted by Crippen LogP contribution is 2.21. The van der Waals surface area contributed by atoms with Crippen LogP contribution in [0.5, 0.6) is 0 Å². The predicted octanol–water partition coefficient (Wildman–Crippen LogP) is 2.87. The van der Waals surface area contributed by atoms with E-state index in [1.54, 1.807) is 6.07 Å². The minimum absolute atomic E-state index is 0.0798. The van der Waals surface area contributed by atoms with Crippen molar-refractivity contribution in [2.24, 2.45) is 0 Å². The van der Waals surface area contributed by atoms with E-state index >= 15 is 0 Å². The predicted molar refractivity (Wildman–Crippen MR) is 81.2 cm³/mol. The molecule has 2 rings (SSSR count). The number of rotatable bonds is 5. The van der Waals surface area contributed by atoms with Crippen LogP contribution in [0.4, 0.5) is 5.69 Å². The number of hydrogen-bond acceptors (Lipinski definition) is 4. The molecule has 0 aliphatic heterocycles. The van der Waals surface area contributed by atoms with Crippen molar-refractivity contribution < 1.29 is 12.8 Å². The Bertz CT molecular complexity index is 710. The van der Waals surface area contributed by atoms with Crippen LogP contribution in [0, 0.1) is 6.92 Å². The van der Waals surface area contributed by atoms with E-state index in [0.717, 1.165) is 15.7 Å². The average Bonchev–Trinajstić information content (AvgIpc) is 2.90. The minimum atomic E-state index is -3.52. The molecule has 108 valence electrons. The summed E-state index contributed by atoms with van der Waals surface area (Å²) in [5.41, 5.74) is 2.06. The molecule has 0 bridgehead atoms. The number of anilines is 1. The van der Waals surface area contributed by atoms with Crippen molar-refractivity contribution in [2.45, 2.75) is 18.6 Å². The van der Waals surface area contributed by atoms with Crippen LogP contribution in [-0.2, 0) is 16.6 Å². The first kappa shape index (κ1) is 15.1. The van der Waals surface area contributed by atoms with Crippen molar-refractivity contribution in [1.82, 2.24) is 4.72 Å². The number of hydrogen-bond donors (Lipinski definition) is 2. The molecule has 0 unspecified atom stereocenters. The summed E-state index contributed by atoms with van der Waals surface area (Å²) in [5, 5.41) is 3.10. The molecule has 0 saturated carbocycles. The number of benzene rings is 1. The van der Waals surface area contributed by atoms with Crippen molar-refractivity contribution in [1.29, 1.82) is 0 Å². The Kier molecular flexibility index (Phi) is 4.52. The average molecular weight is 359 g/mol. The van der Waals surface area contributed by atoms with Crippen LogP contribution in [0.2, 0.25) is 0 Å². The van der Waals surface area contributed by atoms with Gasteiger partial charge in [0.1, 0.15) is 5.76 Å². The van der Waals surface area contributed by atoms with Crippen LogP contribution in [0.3, 0.4) is 0 Å². The summed E-state index contributed by atoms with van der Waals surface area (Å²) in [6.45, 7) is 2.42. The molecule has 0 amide bonds. The lowest BCUT2D eigenvalue weighted by Gasteiger charge is -2.06. The van der Waals surface area contributed by atoms with Gasteiger partial charge in [-0.1, -0.05) is 15.9 Å². The van der Waals surface area contributed by atoms with Gasteiger partial charge in [-0.2, -0.15) is 0 Å². The van der Waals surface area contributed by atoms with Gasteiger partial charge in [-0.05, 0) is 49.9 Å². The lowest BCUT2D eigenvalue weighted by atomic mass is 10.2. The second-order valence-electron chi connectivity index (χ2n) is 4.25. The van der Waals surface area contributed by atoms with E-state index in [9.17, 15) is 8.42 Å². The molecule has 0 fully saturated rings. The highest BCUT2D eigenvalue weighted by Gasteiger charge is 2.16. The third-order valence-electron chi connectivity index (χ3n) is 2.80. The van der Waals surface area contributed by atoms with Crippen molar-refractivity contribution in [2.75, 3.05) is 12.4 Å². The standard InChI is InChI=1S/C13H15BrN2O3S/c1-9-7-10(3-5-12(9)14)16-8-11-4-6-13(19-11)20(17,18)15-2/h3-7,15-16H,8H2,1-2H3. The van der Waals surface area contributed by atoms with Crippen LogP contribution in [0.1, 0.15) is 11.3 Å². The van der Waals surface area contributed by atoms with Gasteiger partial charge >= 0.3 is 0 Å². The van der Waals surface area contributed by atoms with E-state index in [4.69, 9.17) is 4.42 Å². The molecule has 0 aliphatic rings. The quantitative estimate of drug-likeness (QED) is 0.861. The summed E-state index contributed by atoms with van der Waals surface area (Å²) in [7, 11) is -2.18. The van der Waals surface area contributed by atoms with Gasteiger partial charge in [0.2, 0.25) is 5.09 Å². The fraction of sp³-hybridized carbons (Fsp3) is 0.231. The molecule has 2 N–H and O–H groups in total. The van der Waals surface area contributed by atoms with Crippen LogP contribution in [-0.4, -0.2) is 15.5 Å². The molecule has 0 radical (unpaired) electrons. The lowest BCUT2D eigenvalue weighted by molar-refractivity contribution is 0.417. The van der Waals surface area contributed by atoms with Crippen LogP contribution >= 0.6 is 15.9 Å². The summed E-state index contributed by atoms with van der Waals surface area (Å²) < 4.78 is 31.6. The van der Waals surface area contributed by atoms with Crippen LogP contribution < -0.4 is 10.0 Å². The monoisotopic (exact) mass is 358 g/mol. The number of nitrogens with one attached hydrogen (secondary N) is 2. The molecule has 0 saturated heterocycles. The van der Waals surface area contributed by atoms with Gasteiger partial charge in [-0.15, -0.1) is 0 Å². The van der Waals surface area contributed by atoms with Gasteiger partial charge in [-0.25, -0.2) is 13.1 Å². The largest absolute Gasteiger partial charge is 0.446 e. The van der Waals surface area contributed by atoms with Gasteiger partial charge in [-0.3, -0.25) is 0 Å². The zero-order valence-corrected chi connectivity index (χ0v) is 13.5. The molecule has 20 heavy (non-hydrogen) atoms. The topological polar surface area (TPSA) is 71.3 Å². The van der Waals surface area contributed by atoms with E-state index in [2.05, 4.69) is 26.0 Å². The summed E-state index contributed by atoms with van der Waals surface area (Å²) in [6, 6.07) is 8.97. The molecule has 0 atom stereocenters. The van der Waals surface area contributed by atoms with Crippen LogP contribution in [0.15, 0.2) is 44.3 Å². The Hall–Kier alpha value is -1.31. The van der Waals surface area contributed by atoms with Gasteiger partial charge in [0.25, 0.3) is 10.0 Å². The van der Waals surface area contributed by atoms with Crippen molar-refractivity contribution in [3.8, 4) is 0 Å². The zero-order chi connectivity index (χ0) is 14.8. The fourth-order valence-electron chi connectivity index (χ4n) is 1.64. The third-order valence-corrected chi connectivity index (χ3v) is 4.97. The Labute approximate surface area is 126 Å². The molecular formula is C13H15BrN2O3S. The Morgan fingerprint density at radius 1 is 1.25 bits per heavy atom. The Balaban J connectivity index is 2.06. The summed E-state index contributed by atoms with van der Waals surface area (Å²) in [4.78, 5) is 0. The second-order valence-corrected chi connectivity index (χ2v) is 6.92. The molecule has 7 heteroatoms. The number of aryl methyl sites for hydroxylation is 1. The second kappa shape index (κ2) is 5.99. The Morgan fingerprint density at radius 3 is 2.65 bits per heavy atom. The van der Waals surface area contributed by atoms with E-state index in [1.807, 2.05) is 25.1 Å². The highest BCUT2D eigenvalue weighted by atomic mass is 79.9. The molecule has 1 aromatic heterocycles. The minimum Gasteiger partial charge on any atom is -0.446 e. The molecule has 0 spiro atoms. The van der Waals surface area contributed by atoms with Gasteiger partial charge in [0.15, 0.2) is 0 Å². The molecule has 1 heterocycles. The Morgan fingerprint density at radius 2 is 2.00 bits per heavy atom. The first-order chi connectivity index (χ1) is 9.42. The third kappa shape index (κ3) is 3.41. The maximum atomic E-state index is 11.5.